The lowest BCUT2D eigenvalue weighted by Crippen LogP contribution is -2.37. The lowest BCUT2D eigenvalue weighted by atomic mass is 9.80. The molecule has 6 heteroatoms. The zero-order valence-corrected chi connectivity index (χ0v) is 14.2. The summed E-state index contributed by atoms with van der Waals surface area (Å²) in [5, 5.41) is 12.2. The van der Waals surface area contributed by atoms with Gasteiger partial charge in [0, 0.05) is 25.9 Å². The highest BCUT2D eigenvalue weighted by Crippen LogP contribution is 2.35. The second kappa shape index (κ2) is 6.77. The van der Waals surface area contributed by atoms with Crippen molar-refractivity contribution in [3.8, 4) is 0 Å². The molecule has 1 unspecified atom stereocenters. The van der Waals surface area contributed by atoms with E-state index in [1.165, 1.54) is 4.90 Å². The fourth-order valence-corrected chi connectivity index (χ4v) is 2.40. The van der Waals surface area contributed by atoms with Crippen LogP contribution in [0.25, 0.3) is 0 Å². The Labute approximate surface area is 132 Å². The van der Waals surface area contributed by atoms with Gasteiger partial charge in [0.15, 0.2) is 0 Å². The topological polar surface area (TPSA) is 86.7 Å². The first-order valence-electron chi connectivity index (χ1n) is 7.75. The summed E-state index contributed by atoms with van der Waals surface area (Å²) < 4.78 is 0. The van der Waals surface area contributed by atoms with Crippen LogP contribution in [0.1, 0.15) is 53.9 Å². The second-order valence-electron chi connectivity index (χ2n) is 7.67. The van der Waals surface area contributed by atoms with E-state index in [4.69, 9.17) is 0 Å². The molecule has 6 nitrogen and oxygen atoms in total. The summed E-state index contributed by atoms with van der Waals surface area (Å²) in [4.78, 5) is 37.1. The Kier molecular flexibility index (Phi) is 5.73. The van der Waals surface area contributed by atoms with Crippen molar-refractivity contribution < 1.29 is 19.5 Å². The van der Waals surface area contributed by atoms with Gasteiger partial charge >= 0.3 is 0 Å². The van der Waals surface area contributed by atoms with Crippen LogP contribution in [0.2, 0.25) is 0 Å². The van der Waals surface area contributed by atoms with Crippen molar-refractivity contribution in [2.24, 2.45) is 11.3 Å². The van der Waals surface area contributed by atoms with E-state index in [9.17, 15) is 19.5 Å². The molecule has 1 fully saturated rings. The van der Waals surface area contributed by atoms with Gasteiger partial charge < -0.3 is 10.4 Å². The number of carbonyl (C=O) groups is 3. The summed E-state index contributed by atoms with van der Waals surface area (Å²) in [6.07, 6.45) is 0.773. The first kappa shape index (κ1) is 18.6. The maximum absolute atomic E-state index is 12.3. The van der Waals surface area contributed by atoms with Crippen molar-refractivity contribution in [3.05, 3.63) is 0 Å². The minimum atomic E-state index is -0.825. The molecule has 3 amide bonds. The van der Waals surface area contributed by atoms with E-state index in [2.05, 4.69) is 5.32 Å². The minimum Gasteiger partial charge on any atom is -0.390 e. The molecule has 2 N–H and O–H groups in total. The Hall–Kier alpha value is -1.43. The standard InChI is InChI=1S/C16H28N2O4/c1-15(2,3)11-10-13(20)18(14(11)21)9-6-12(19)17-8-7-16(4,5)22/h11,22H,6-10H2,1-5H3,(H,17,19). The summed E-state index contributed by atoms with van der Waals surface area (Å²) in [5.41, 5.74) is -1.08. The molecule has 0 saturated carbocycles. The first-order chi connectivity index (χ1) is 9.92. The average Bonchev–Trinajstić information content (AvgIpc) is 2.60. The number of hydrogen-bond acceptors (Lipinski definition) is 4. The molecule has 1 aliphatic rings. The average molecular weight is 312 g/mol. The zero-order chi connectivity index (χ0) is 17.1. The fourth-order valence-electron chi connectivity index (χ4n) is 2.40. The molecule has 1 atom stereocenters. The Morgan fingerprint density at radius 2 is 1.86 bits per heavy atom. The summed E-state index contributed by atoms with van der Waals surface area (Å²) >= 11 is 0. The van der Waals surface area contributed by atoms with Gasteiger partial charge in [-0.15, -0.1) is 0 Å². The van der Waals surface area contributed by atoms with E-state index in [0.717, 1.165) is 0 Å². The van der Waals surface area contributed by atoms with Crippen LogP contribution in [0.5, 0.6) is 0 Å². The van der Waals surface area contributed by atoms with Crippen LogP contribution in [0.15, 0.2) is 0 Å². The highest BCUT2D eigenvalue weighted by molar-refractivity contribution is 6.04. The van der Waals surface area contributed by atoms with Gasteiger partial charge in [0.2, 0.25) is 17.7 Å². The number of likely N-dealkylation sites (tertiary alicyclic amines) is 1. The number of rotatable bonds is 6. The highest BCUT2D eigenvalue weighted by Gasteiger charge is 2.44. The number of hydrogen-bond donors (Lipinski definition) is 2. The number of amides is 3. The van der Waals surface area contributed by atoms with E-state index in [1.807, 2.05) is 20.8 Å². The molecule has 0 aliphatic carbocycles. The van der Waals surface area contributed by atoms with Crippen molar-refractivity contribution in [1.29, 1.82) is 0 Å². The summed E-state index contributed by atoms with van der Waals surface area (Å²) in [6.45, 7) is 9.66. The molecule has 1 rings (SSSR count). The molecule has 0 aromatic heterocycles. The lowest BCUT2D eigenvalue weighted by Gasteiger charge is -2.24. The molecule has 1 saturated heterocycles. The van der Waals surface area contributed by atoms with Crippen LogP contribution in [0.3, 0.4) is 0 Å². The predicted molar refractivity (Wildman–Crippen MR) is 82.8 cm³/mol. The van der Waals surface area contributed by atoms with E-state index < -0.39 is 5.60 Å². The minimum absolute atomic E-state index is 0.0974. The maximum Gasteiger partial charge on any atom is 0.233 e. The molecule has 1 heterocycles. The molecule has 0 aromatic carbocycles. The van der Waals surface area contributed by atoms with Gasteiger partial charge in [-0.3, -0.25) is 19.3 Å². The van der Waals surface area contributed by atoms with Crippen molar-refractivity contribution >= 4 is 17.7 Å². The van der Waals surface area contributed by atoms with Gasteiger partial charge in [-0.05, 0) is 25.7 Å². The summed E-state index contributed by atoms with van der Waals surface area (Å²) in [6, 6.07) is 0. The zero-order valence-electron chi connectivity index (χ0n) is 14.2. The van der Waals surface area contributed by atoms with Crippen LogP contribution in [-0.4, -0.2) is 46.4 Å². The molecule has 1 aliphatic heterocycles. The molecule has 0 bridgehead atoms. The second-order valence-corrected chi connectivity index (χ2v) is 7.67. The Balaban J connectivity index is 2.43. The third kappa shape index (κ3) is 5.40. The normalized spacial score (nSPS) is 19.7. The smallest absolute Gasteiger partial charge is 0.233 e. The van der Waals surface area contributed by atoms with Gasteiger partial charge in [0.1, 0.15) is 0 Å². The summed E-state index contributed by atoms with van der Waals surface area (Å²) in [7, 11) is 0. The fraction of sp³-hybridized carbons (Fsp3) is 0.812. The lowest BCUT2D eigenvalue weighted by molar-refractivity contribution is -0.140. The quantitative estimate of drug-likeness (QED) is 0.718. The Bertz CT molecular complexity index is 446. The first-order valence-corrected chi connectivity index (χ1v) is 7.75. The van der Waals surface area contributed by atoms with Gasteiger partial charge in [-0.1, -0.05) is 20.8 Å². The van der Waals surface area contributed by atoms with Crippen molar-refractivity contribution in [2.75, 3.05) is 13.1 Å². The Morgan fingerprint density at radius 1 is 1.27 bits per heavy atom. The van der Waals surface area contributed by atoms with Crippen LogP contribution < -0.4 is 5.32 Å². The van der Waals surface area contributed by atoms with Crippen molar-refractivity contribution in [2.45, 2.75) is 59.5 Å². The Morgan fingerprint density at radius 3 is 2.32 bits per heavy atom. The third-order valence-electron chi connectivity index (χ3n) is 3.91. The van der Waals surface area contributed by atoms with E-state index in [1.54, 1.807) is 13.8 Å². The number of aliphatic hydroxyl groups is 1. The van der Waals surface area contributed by atoms with Gasteiger partial charge in [-0.2, -0.15) is 0 Å². The molecule has 22 heavy (non-hydrogen) atoms. The molecular formula is C16H28N2O4. The molecule has 0 aromatic rings. The number of carbonyl (C=O) groups excluding carboxylic acids is 3. The predicted octanol–water partition coefficient (Wildman–Crippen LogP) is 1.07. The van der Waals surface area contributed by atoms with Gasteiger partial charge in [0.25, 0.3) is 0 Å². The monoisotopic (exact) mass is 312 g/mol. The van der Waals surface area contributed by atoms with Crippen molar-refractivity contribution in [3.63, 3.8) is 0 Å². The number of nitrogens with zero attached hydrogens (tertiary/aromatic N) is 1. The van der Waals surface area contributed by atoms with Crippen molar-refractivity contribution in [1.82, 2.24) is 10.2 Å². The van der Waals surface area contributed by atoms with Gasteiger partial charge in [-0.25, -0.2) is 0 Å². The molecule has 0 spiro atoms. The third-order valence-corrected chi connectivity index (χ3v) is 3.91. The molecule has 0 radical (unpaired) electrons. The van der Waals surface area contributed by atoms with E-state index >= 15 is 0 Å². The molecule has 126 valence electrons. The van der Waals surface area contributed by atoms with Crippen LogP contribution in [-0.2, 0) is 14.4 Å². The SMILES string of the molecule is CC(C)(O)CCNC(=O)CCN1C(=O)CC(C(C)(C)C)C1=O. The van der Waals surface area contributed by atoms with Crippen LogP contribution in [0, 0.1) is 11.3 Å². The van der Waals surface area contributed by atoms with Gasteiger partial charge in [0.05, 0.1) is 11.5 Å². The van der Waals surface area contributed by atoms with Crippen LogP contribution in [0.4, 0.5) is 0 Å². The number of nitrogens with one attached hydrogen (secondary N) is 1. The van der Waals surface area contributed by atoms with Crippen LogP contribution >= 0.6 is 0 Å². The molecular weight excluding hydrogens is 284 g/mol. The maximum atomic E-state index is 12.3. The van der Waals surface area contributed by atoms with E-state index in [-0.39, 0.29) is 48.4 Å². The summed E-state index contributed by atoms with van der Waals surface area (Å²) in [5.74, 6) is -0.904. The largest absolute Gasteiger partial charge is 0.390 e. The highest BCUT2D eigenvalue weighted by atomic mass is 16.3. The number of imide groups is 1. The van der Waals surface area contributed by atoms with E-state index in [0.29, 0.717) is 13.0 Å².